The first-order valence-corrected chi connectivity index (χ1v) is 11.2. The number of halogens is 1. The predicted molar refractivity (Wildman–Crippen MR) is 120 cm³/mol. The van der Waals surface area contributed by atoms with Gasteiger partial charge in [-0.05, 0) is 48.4 Å². The number of fused-ring (bicyclic) bond motifs is 1. The van der Waals surface area contributed by atoms with E-state index in [9.17, 15) is 14.0 Å². The number of hydrogen-bond donors (Lipinski definition) is 1. The second kappa shape index (κ2) is 8.55. The number of likely N-dealkylation sites (tertiary alicyclic amines) is 1. The van der Waals surface area contributed by atoms with Gasteiger partial charge in [0.25, 0.3) is 11.8 Å². The van der Waals surface area contributed by atoms with Crippen LogP contribution in [0.2, 0.25) is 0 Å². The third-order valence-corrected chi connectivity index (χ3v) is 6.99. The zero-order valence-electron chi connectivity index (χ0n) is 17.2. The highest BCUT2D eigenvalue weighted by atomic mass is 32.1. The van der Waals surface area contributed by atoms with E-state index in [1.807, 2.05) is 41.1 Å². The Hall–Kier alpha value is -3.52. The number of thiophene rings is 1. The fraction of sp³-hybridized carbons (Fsp3) is 0.208. The number of amides is 2. The van der Waals surface area contributed by atoms with E-state index >= 15 is 0 Å². The summed E-state index contributed by atoms with van der Waals surface area (Å²) in [5.74, 6) is -0.751. The molecule has 162 valence electrons. The van der Waals surface area contributed by atoms with Gasteiger partial charge in [-0.3, -0.25) is 9.59 Å². The van der Waals surface area contributed by atoms with Crippen LogP contribution in [-0.2, 0) is 6.54 Å². The van der Waals surface area contributed by atoms with Crippen LogP contribution < -0.4 is 5.32 Å². The van der Waals surface area contributed by atoms with Crippen molar-refractivity contribution in [3.63, 3.8) is 0 Å². The van der Waals surface area contributed by atoms with Gasteiger partial charge in [0.15, 0.2) is 0 Å². The van der Waals surface area contributed by atoms with Gasteiger partial charge in [0.2, 0.25) is 0 Å². The standard InChI is InChI=1S/C24H21FN4O2S/c25-19-4-2-1-3-18(19)24(31)29-11-8-17(15-29)20-5-6-21(32-20)23(30)27-14-16-7-10-28-12-9-26-22(28)13-16/h1-7,9-10,12-13,17H,8,11,14-15H2,(H,27,30). The normalized spacial score (nSPS) is 15.9. The Morgan fingerprint density at radius 2 is 2.03 bits per heavy atom. The van der Waals surface area contributed by atoms with Crippen molar-refractivity contribution in [2.45, 2.75) is 18.9 Å². The first-order valence-electron chi connectivity index (χ1n) is 10.4. The topological polar surface area (TPSA) is 66.7 Å². The molecule has 0 radical (unpaired) electrons. The van der Waals surface area contributed by atoms with Gasteiger partial charge in [0, 0.05) is 49.0 Å². The van der Waals surface area contributed by atoms with Gasteiger partial charge in [-0.1, -0.05) is 12.1 Å². The van der Waals surface area contributed by atoms with Crippen molar-refractivity contribution >= 4 is 28.8 Å². The van der Waals surface area contributed by atoms with Crippen LogP contribution in [0.3, 0.4) is 0 Å². The number of nitrogens with one attached hydrogen (secondary N) is 1. The molecule has 0 bridgehead atoms. The molecule has 1 saturated heterocycles. The maximum Gasteiger partial charge on any atom is 0.261 e. The minimum Gasteiger partial charge on any atom is -0.347 e. The van der Waals surface area contributed by atoms with Crippen molar-refractivity contribution < 1.29 is 14.0 Å². The number of carbonyl (C=O) groups excluding carboxylic acids is 2. The molecule has 1 aliphatic heterocycles. The van der Waals surface area contributed by atoms with Gasteiger partial charge in [0.05, 0.1) is 10.4 Å². The molecule has 0 spiro atoms. The maximum absolute atomic E-state index is 14.0. The SMILES string of the molecule is O=C(NCc1ccn2ccnc2c1)c1ccc(C2CCN(C(=O)c3ccccc3F)C2)s1. The number of rotatable bonds is 5. The summed E-state index contributed by atoms with van der Waals surface area (Å²) in [5.41, 5.74) is 1.92. The molecular weight excluding hydrogens is 427 g/mol. The monoisotopic (exact) mass is 448 g/mol. The minimum absolute atomic E-state index is 0.105. The predicted octanol–water partition coefficient (Wildman–Crippen LogP) is 4.09. The van der Waals surface area contributed by atoms with Crippen molar-refractivity contribution in [3.05, 3.63) is 93.8 Å². The summed E-state index contributed by atoms with van der Waals surface area (Å²) in [7, 11) is 0. The maximum atomic E-state index is 14.0. The molecule has 2 amide bonds. The summed E-state index contributed by atoms with van der Waals surface area (Å²) in [6.07, 6.45) is 6.32. The van der Waals surface area contributed by atoms with Gasteiger partial charge < -0.3 is 14.6 Å². The molecule has 1 N–H and O–H groups in total. The first kappa shape index (κ1) is 20.4. The lowest BCUT2D eigenvalue weighted by Gasteiger charge is -2.16. The van der Waals surface area contributed by atoms with Crippen LogP contribution in [0.5, 0.6) is 0 Å². The highest BCUT2D eigenvalue weighted by Gasteiger charge is 2.30. The van der Waals surface area contributed by atoms with E-state index in [4.69, 9.17) is 0 Å². The molecule has 3 aromatic heterocycles. The molecule has 1 aliphatic rings. The number of nitrogens with zero attached hydrogens (tertiary/aromatic N) is 3. The molecule has 8 heteroatoms. The molecule has 0 saturated carbocycles. The molecule has 1 aromatic carbocycles. The lowest BCUT2D eigenvalue weighted by molar-refractivity contribution is 0.0786. The minimum atomic E-state index is -0.497. The number of aromatic nitrogens is 2. The zero-order valence-corrected chi connectivity index (χ0v) is 18.0. The Balaban J connectivity index is 1.20. The van der Waals surface area contributed by atoms with E-state index in [1.54, 1.807) is 23.2 Å². The smallest absolute Gasteiger partial charge is 0.261 e. The Morgan fingerprint density at radius 3 is 2.91 bits per heavy atom. The fourth-order valence-electron chi connectivity index (χ4n) is 4.01. The van der Waals surface area contributed by atoms with E-state index in [0.29, 0.717) is 24.5 Å². The summed E-state index contributed by atoms with van der Waals surface area (Å²) < 4.78 is 15.9. The van der Waals surface area contributed by atoms with Gasteiger partial charge in [-0.25, -0.2) is 9.37 Å². The van der Waals surface area contributed by atoms with Crippen molar-refractivity contribution in [1.82, 2.24) is 19.6 Å². The molecule has 5 rings (SSSR count). The summed E-state index contributed by atoms with van der Waals surface area (Å²) in [5, 5.41) is 2.96. The van der Waals surface area contributed by atoms with Crippen LogP contribution in [0.4, 0.5) is 4.39 Å². The molecule has 1 unspecified atom stereocenters. The van der Waals surface area contributed by atoms with Gasteiger partial charge in [-0.2, -0.15) is 0 Å². The van der Waals surface area contributed by atoms with Gasteiger partial charge in [-0.15, -0.1) is 11.3 Å². The molecule has 1 atom stereocenters. The third-order valence-electron chi connectivity index (χ3n) is 5.75. The van der Waals surface area contributed by atoms with Gasteiger partial charge >= 0.3 is 0 Å². The Kier molecular flexibility index (Phi) is 5.45. The second-order valence-corrected chi connectivity index (χ2v) is 8.94. The average Bonchev–Trinajstić information content (AvgIpc) is 3.57. The third kappa shape index (κ3) is 4.01. The lowest BCUT2D eigenvalue weighted by atomic mass is 10.1. The largest absolute Gasteiger partial charge is 0.347 e. The van der Waals surface area contributed by atoms with Crippen LogP contribution in [0.25, 0.3) is 5.65 Å². The molecule has 32 heavy (non-hydrogen) atoms. The van der Waals surface area contributed by atoms with E-state index in [0.717, 1.165) is 22.5 Å². The van der Waals surface area contributed by atoms with E-state index in [2.05, 4.69) is 10.3 Å². The Labute approximate surface area is 188 Å². The van der Waals surface area contributed by atoms with Crippen molar-refractivity contribution in [2.75, 3.05) is 13.1 Å². The molecule has 4 heterocycles. The number of benzene rings is 1. The van der Waals surface area contributed by atoms with Crippen molar-refractivity contribution in [2.24, 2.45) is 0 Å². The Morgan fingerprint density at radius 1 is 1.16 bits per heavy atom. The van der Waals surface area contributed by atoms with Crippen molar-refractivity contribution in [1.29, 1.82) is 0 Å². The Bertz CT molecular complexity index is 1300. The average molecular weight is 449 g/mol. The van der Waals surface area contributed by atoms with Crippen molar-refractivity contribution in [3.8, 4) is 0 Å². The summed E-state index contributed by atoms with van der Waals surface area (Å²) in [6, 6.07) is 13.7. The number of pyridine rings is 1. The highest BCUT2D eigenvalue weighted by Crippen LogP contribution is 2.33. The summed E-state index contributed by atoms with van der Waals surface area (Å²) in [6.45, 7) is 1.52. The number of imidazole rings is 1. The van der Waals surface area contributed by atoms with Crippen LogP contribution in [0.15, 0.2) is 67.1 Å². The molecule has 0 aliphatic carbocycles. The molecule has 1 fully saturated rings. The van der Waals surface area contributed by atoms with Crippen LogP contribution >= 0.6 is 11.3 Å². The zero-order chi connectivity index (χ0) is 22.1. The highest BCUT2D eigenvalue weighted by molar-refractivity contribution is 7.14. The van der Waals surface area contributed by atoms with E-state index in [-0.39, 0.29) is 23.3 Å². The van der Waals surface area contributed by atoms with E-state index in [1.165, 1.54) is 23.5 Å². The number of hydrogen-bond acceptors (Lipinski definition) is 4. The number of carbonyl (C=O) groups is 2. The first-order chi connectivity index (χ1) is 15.6. The van der Waals surface area contributed by atoms with Crippen LogP contribution in [0, 0.1) is 5.82 Å². The second-order valence-electron chi connectivity index (χ2n) is 7.83. The van der Waals surface area contributed by atoms with E-state index < -0.39 is 5.82 Å². The van der Waals surface area contributed by atoms with Gasteiger partial charge in [0.1, 0.15) is 11.5 Å². The summed E-state index contributed by atoms with van der Waals surface area (Å²) in [4.78, 5) is 32.9. The quantitative estimate of drug-likeness (QED) is 0.500. The molecular formula is C24H21FN4O2S. The molecule has 4 aromatic rings. The van der Waals surface area contributed by atoms with Crippen LogP contribution in [0.1, 0.15) is 42.8 Å². The fourth-order valence-corrected chi connectivity index (χ4v) is 5.06. The lowest BCUT2D eigenvalue weighted by Crippen LogP contribution is -2.29. The summed E-state index contributed by atoms with van der Waals surface area (Å²) >= 11 is 1.45. The molecule has 6 nitrogen and oxygen atoms in total. The van der Waals surface area contributed by atoms with Crippen LogP contribution in [-0.4, -0.2) is 39.2 Å².